The van der Waals surface area contributed by atoms with Gasteiger partial charge in [0, 0.05) is 19.7 Å². The Kier molecular flexibility index (Phi) is 5.36. The van der Waals surface area contributed by atoms with Gasteiger partial charge in [-0.05, 0) is 33.9 Å². The first-order valence-corrected chi connectivity index (χ1v) is 6.09. The van der Waals surface area contributed by atoms with Crippen molar-refractivity contribution in [3.63, 3.8) is 0 Å². The molecule has 1 rings (SSSR count). The lowest BCUT2D eigenvalue weighted by atomic mass is 10.0. The summed E-state index contributed by atoms with van der Waals surface area (Å²) in [5.74, 6) is -0.237. The molecule has 1 N–H and O–H groups in total. The number of likely N-dealkylation sites (N-methyl/N-ethyl adjacent to an activating group) is 2. The average molecular weight is 244 g/mol. The molecule has 1 heterocycles. The molecule has 0 amide bonds. The van der Waals surface area contributed by atoms with Gasteiger partial charge in [-0.15, -0.1) is 0 Å². The lowest BCUT2D eigenvalue weighted by Gasteiger charge is -2.31. The van der Waals surface area contributed by atoms with E-state index in [1.165, 1.54) is 7.11 Å². The number of carbonyl (C=O) groups excluding carboxylic acids is 1. The molecule has 1 saturated heterocycles. The molecule has 1 aliphatic heterocycles. The van der Waals surface area contributed by atoms with E-state index >= 15 is 0 Å². The van der Waals surface area contributed by atoms with Crippen molar-refractivity contribution in [2.75, 3.05) is 40.9 Å². The Bertz CT molecular complexity index is 254. The summed E-state index contributed by atoms with van der Waals surface area (Å²) in [5, 5.41) is 3.03. The van der Waals surface area contributed by atoms with Crippen LogP contribution in [0.15, 0.2) is 0 Å². The molecule has 0 saturated carbocycles. The first kappa shape index (κ1) is 14.4. The normalized spacial score (nSPS) is 23.7. The summed E-state index contributed by atoms with van der Waals surface area (Å²) >= 11 is 0. The van der Waals surface area contributed by atoms with E-state index in [2.05, 4.69) is 10.2 Å². The highest BCUT2D eigenvalue weighted by Crippen LogP contribution is 2.14. The van der Waals surface area contributed by atoms with Crippen molar-refractivity contribution >= 4 is 5.97 Å². The van der Waals surface area contributed by atoms with Crippen molar-refractivity contribution in [2.24, 2.45) is 0 Å². The van der Waals surface area contributed by atoms with E-state index in [0.29, 0.717) is 12.6 Å². The third-order valence-corrected chi connectivity index (χ3v) is 3.31. The van der Waals surface area contributed by atoms with Crippen molar-refractivity contribution < 1.29 is 14.3 Å². The van der Waals surface area contributed by atoms with E-state index in [1.807, 2.05) is 14.0 Å². The first-order chi connectivity index (χ1) is 8.01. The van der Waals surface area contributed by atoms with Crippen LogP contribution in [0.5, 0.6) is 0 Å². The summed E-state index contributed by atoms with van der Waals surface area (Å²) in [7, 11) is 5.19. The van der Waals surface area contributed by atoms with Crippen LogP contribution in [-0.4, -0.2) is 63.4 Å². The van der Waals surface area contributed by atoms with Crippen LogP contribution >= 0.6 is 0 Å². The second-order valence-corrected chi connectivity index (χ2v) is 4.91. The Morgan fingerprint density at radius 2 is 2.35 bits per heavy atom. The molecule has 5 heteroatoms. The van der Waals surface area contributed by atoms with Crippen molar-refractivity contribution in [1.82, 2.24) is 10.2 Å². The minimum absolute atomic E-state index is 0.237. The molecule has 1 aliphatic rings. The van der Waals surface area contributed by atoms with Gasteiger partial charge >= 0.3 is 5.97 Å². The lowest BCUT2D eigenvalue weighted by Crippen LogP contribution is -2.56. The molecule has 2 atom stereocenters. The molecule has 1 fully saturated rings. The summed E-state index contributed by atoms with van der Waals surface area (Å²) in [6.45, 7) is 4.17. The number of rotatable bonds is 6. The lowest BCUT2D eigenvalue weighted by molar-refractivity contribution is -0.148. The van der Waals surface area contributed by atoms with Gasteiger partial charge in [0.1, 0.15) is 5.54 Å². The maximum Gasteiger partial charge on any atom is 0.327 e. The summed E-state index contributed by atoms with van der Waals surface area (Å²) in [6.07, 6.45) is 2.55. The topological polar surface area (TPSA) is 50.8 Å². The summed E-state index contributed by atoms with van der Waals surface area (Å²) in [5.41, 5.74) is -0.665. The van der Waals surface area contributed by atoms with Crippen LogP contribution in [0.2, 0.25) is 0 Å². The maximum atomic E-state index is 11.7. The van der Waals surface area contributed by atoms with Gasteiger partial charge in [0.2, 0.25) is 0 Å². The fourth-order valence-electron chi connectivity index (χ4n) is 2.21. The summed E-state index contributed by atoms with van der Waals surface area (Å²) in [4.78, 5) is 13.8. The molecule has 0 aromatic rings. The van der Waals surface area contributed by atoms with E-state index in [9.17, 15) is 4.79 Å². The second-order valence-electron chi connectivity index (χ2n) is 4.91. The molecule has 0 bridgehead atoms. The van der Waals surface area contributed by atoms with Crippen LogP contribution < -0.4 is 5.32 Å². The highest BCUT2D eigenvalue weighted by atomic mass is 16.5. The van der Waals surface area contributed by atoms with Gasteiger partial charge in [-0.25, -0.2) is 0 Å². The zero-order chi connectivity index (χ0) is 12.9. The predicted molar refractivity (Wildman–Crippen MR) is 66.0 cm³/mol. The molecule has 0 aromatic heterocycles. The molecule has 0 aromatic carbocycles. The van der Waals surface area contributed by atoms with E-state index in [1.54, 1.807) is 7.05 Å². The quantitative estimate of drug-likeness (QED) is 0.679. The SMILES string of the molecule is CNC(C)(CN(C)CC1CCCO1)C(=O)OC. The van der Waals surface area contributed by atoms with Crippen LogP contribution in [0.4, 0.5) is 0 Å². The Morgan fingerprint density at radius 3 is 2.82 bits per heavy atom. The van der Waals surface area contributed by atoms with Crippen molar-refractivity contribution in [2.45, 2.75) is 31.4 Å². The molecule has 0 aliphatic carbocycles. The Hall–Kier alpha value is -0.650. The van der Waals surface area contributed by atoms with Crippen molar-refractivity contribution in [3.8, 4) is 0 Å². The van der Waals surface area contributed by atoms with E-state index in [-0.39, 0.29) is 5.97 Å². The molecule has 5 nitrogen and oxygen atoms in total. The third kappa shape index (κ3) is 3.94. The van der Waals surface area contributed by atoms with E-state index < -0.39 is 5.54 Å². The largest absolute Gasteiger partial charge is 0.468 e. The smallest absolute Gasteiger partial charge is 0.327 e. The van der Waals surface area contributed by atoms with Crippen molar-refractivity contribution in [3.05, 3.63) is 0 Å². The zero-order valence-corrected chi connectivity index (χ0v) is 11.3. The highest BCUT2D eigenvalue weighted by molar-refractivity contribution is 5.80. The van der Waals surface area contributed by atoms with Crippen LogP contribution in [0.25, 0.3) is 0 Å². The number of nitrogens with zero attached hydrogens (tertiary/aromatic N) is 1. The standard InChI is InChI=1S/C12H24N2O3/c1-12(13-2,11(15)16-4)9-14(3)8-10-6-5-7-17-10/h10,13H,5-9H2,1-4H3. The van der Waals surface area contributed by atoms with Crippen LogP contribution in [0, 0.1) is 0 Å². The fraction of sp³-hybridized carbons (Fsp3) is 0.917. The molecule has 100 valence electrons. The molecule has 2 unspecified atom stereocenters. The second kappa shape index (κ2) is 6.33. The minimum Gasteiger partial charge on any atom is -0.468 e. The van der Waals surface area contributed by atoms with Gasteiger partial charge in [0.25, 0.3) is 0 Å². The number of nitrogens with one attached hydrogen (secondary N) is 1. The number of ether oxygens (including phenoxy) is 2. The Balaban J connectivity index is 2.46. The van der Waals surface area contributed by atoms with Crippen molar-refractivity contribution in [1.29, 1.82) is 0 Å². The number of esters is 1. The van der Waals surface area contributed by atoms with Crippen LogP contribution in [0.3, 0.4) is 0 Å². The number of carbonyl (C=O) groups is 1. The van der Waals surface area contributed by atoms with E-state index in [4.69, 9.17) is 9.47 Å². The minimum atomic E-state index is -0.665. The Labute approximate surface area is 103 Å². The number of hydrogen-bond donors (Lipinski definition) is 1. The monoisotopic (exact) mass is 244 g/mol. The third-order valence-electron chi connectivity index (χ3n) is 3.31. The van der Waals surface area contributed by atoms with Gasteiger partial charge in [0.15, 0.2) is 0 Å². The Morgan fingerprint density at radius 1 is 1.65 bits per heavy atom. The highest BCUT2D eigenvalue weighted by Gasteiger charge is 2.34. The maximum absolute atomic E-state index is 11.7. The number of hydrogen-bond acceptors (Lipinski definition) is 5. The average Bonchev–Trinajstić information content (AvgIpc) is 2.80. The molecule has 0 spiro atoms. The molecule has 17 heavy (non-hydrogen) atoms. The predicted octanol–water partition coefficient (Wildman–Crippen LogP) is 0.248. The zero-order valence-electron chi connectivity index (χ0n) is 11.3. The van der Waals surface area contributed by atoms with Crippen LogP contribution in [0.1, 0.15) is 19.8 Å². The van der Waals surface area contributed by atoms with Gasteiger partial charge in [-0.1, -0.05) is 0 Å². The molecular weight excluding hydrogens is 220 g/mol. The molecular formula is C12H24N2O3. The van der Waals surface area contributed by atoms with Gasteiger partial charge < -0.3 is 19.7 Å². The van der Waals surface area contributed by atoms with Gasteiger partial charge in [0.05, 0.1) is 13.2 Å². The fourth-order valence-corrected chi connectivity index (χ4v) is 2.21. The number of methoxy groups -OCH3 is 1. The van der Waals surface area contributed by atoms with Gasteiger partial charge in [-0.2, -0.15) is 0 Å². The summed E-state index contributed by atoms with van der Waals surface area (Å²) < 4.78 is 10.4. The van der Waals surface area contributed by atoms with Gasteiger partial charge in [-0.3, -0.25) is 4.79 Å². The summed E-state index contributed by atoms with van der Waals surface area (Å²) in [6, 6.07) is 0. The first-order valence-electron chi connectivity index (χ1n) is 6.09. The van der Waals surface area contributed by atoms with Crippen LogP contribution in [-0.2, 0) is 14.3 Å². The van der Waals surface area contributed by atoms with E-state index in [0.717, 1.165) is 26.0 Å². The molecule has 0 radical (unpaired) electrons.